The van der Waals surface area contributed by atoms with Gasteiger partial charge in [-0.05, 0) is 56.6 Å². The number of carboxylic acid groups (broad SMARTS) is 1. The fraction of sp³-hybridized carbons (Fsp3) is 0.524. The Morgan fingerprint density at radius 2 is 1.52 bits per heavy atom. The maximum atomic E-state index is 12.8. The van der Waals surface area contributed by atoms with Crippen LogP contribution in [0.25, 0.3) is 0 Å². The molecule has 0 radical (unpaired) electrons. The minimum Gasteiger partial charge on any atom is -0.480 e. The van der Waals surface area contributed by atoms with Gasteiger partial charge in [-0.25, -0.2) is 0 Å². The monoisotopic (exact) mass is 340 g/mol. The molecule has 0 aliphatic heterocycles. The zero-order valence-electron chi connectivity index (χ0n) is 14.4. The largest absolute Gasteiger partial charge is 0.480 e. The Morgan fingerprint density at radius 3 is 2.12 bits per heavy atom. The fourth-order valence-electron chi connectivity index (χ4n) is 3.84. The Balaban J connectivity index is 1.85. The Kier molecular flexibility index (Phi) is 5.13. The molecular formula is C21H24O4. The molecule has 1 aromatic rings. The maximum Gasteiger partial charge on any atom is 0.325 e. The van der Waals surface area contributed by atoms with Crippen molar-refractivity contribution in [2.24, 2.45) is 5.41 Å². The van der Waals surface area contributed by atoms with Crippen LogP contribution in [0.2, 0.25) is 0 Å². The number of carboxylic acids is 1. The molecule has 25 heavy (non-hydrogen) atoms. The SMILES string of the molecule is O=C(O)C1(C(=O)OC2(C#Cc3ccccc3)CCCCC2)CCCC1. The molecule has 4 heteroatoms. The summed E-state index contributed by atoms with van der Waals surface area (Å²) in [6.45, 7) is 0. The van der Waals surface area contributed by atoms with Crippen LogP contribution >= 0.6 is 0 Å². The van der Waals surface area contributed by atoms with Crippen molar-refractivity contribution in [1.29, 1.82) is 0 Å². The van der Waals surface area contributed by atoms with Crippen LogP contribution in [0.1, 0.15) is 63.4 Å². The van der Waals surface area contributed by atoms with Gasteiger partial charge < -0.3 is 9.84 Å². The Bertz CT molecular complexity index is 684. The van der Waals surface area contributed by atoms with Crippen molar-refractivity contribution < 1.29 is 19.4 Å². The van der Waals surface area contributed by atoms with E-state index in [1.165, 1.54) is 0 Å². The third kappa shape index (κ3) is 3.71. The molecule has 2 fully saturated rings. The van der Waals surface area contributed by atoms with Gasteiger partial charge in [-0.1, -0.05) is 43.4 Å². The van der Waals surface area contributed by atoms with Crippen LogP contribution in [-0.2, 0) is 14.3 Å². The number of hydrogen-bond donors (Lipinski definition) is 1. The minimum atomic E-state index is -1.38. The normalized spacial score (nSPS) is 21.0. The molecule has 2 aliphatic carbocycles. The number of ether oxygens (including phenoxy) is 1. The summed E-state index contributed by atoms with van der Waals surface area (Å²) in [6.07, 6.45) is 6.56. The minimum absolute atomic E-state index is 0.364. The molecule has 0 unspecified atom stereocenters. The van der Waals surface area contributed by atoms with Gasteiger partial charge >= 0.3 is 11.9 Å². The third-order valence-electron chi connectivity index (χ3n) is 5.41. The quantitative estimate of drug-likeness (QED) is 0.514. The van der Waals surface area contributed by atoms with E-state index in [0.29, 0.717) is 25.7 Å². The van der Waals surface area contributed by atoms with Crippen molar-refractivity contribution >= 4 is 11.9 Å². The second-order valence-corrected chi connectivity index (χ2v) is 7.15. The summed E-state index contributed by atoms with van der Waals surface area (Å²) < 4.78 is 5.86. The molecule has 3 rings (SSSR count). The first-order valence-electron chi connectivity index (χ1n) is 9.12. The number of rotatable bonds is 3. The van der Waals surface area contributed by atoms with Crippen molar-refractivity contribution in [2.45, 2.75) is 63.4 Å². The van der Waals surface area contributed by atoms with Crippen LogP contribution in [0.15, 0.2) is 30.3 Å². The van der Waals surface area contributed by atoms with Gasteiger partial charge in [-0.2, -0.15) is 0 Å². The highest BCUT2D eigenvalue weighted by Crippen LogP contribution is 2.42. The van der Waals surface area contributed by atoms with Crippen LogP contribution in [0.4, 0.5) is 0 Å². The lowest BCUT2D eigenvalue weighted by Crippen LogP contribution is -2.45. The molecule has 4 nitrogen and oxygen atoms in total. The van der Waals surface area contributed by atoms with Gasteiger partial charge in [0.1, 0.15) is 0 Å². The second-order valence-electron chi connectivity index (χ2n) is 7.15. The van der Waals surface area contributed by atoms with Crippen LogP contribution in [0.5, 0.6) is 0 Å². The van der Waals surface area contributed by atoms with Crippen LogP contribution in [0.3, 0.4) is 0 Å². The van der Waals surface area contributed by atoms with Gasteiger partial charge in [0.15, 0.2) is 11.0 Å². The predicted octanol–water partition coefficient (Wildman–Crippen LogP) is 3.93. The van der Waals surface area contributed by atoms with Crippen molar-refractivity contribution in [3.63, 3.8) is 0 Å². The highest BCUT2D eigenvalue weighted by atomic mass is 16.6. The Hall–Kier alpha value is -2.28. The van der Waals surface area contributed by atoms with E-state index >= 15 is 0 Å². The summed E-state index contributed by atoms with van der Waals surface area (Å²) in [5, 5.41) is 9.62. The highest BCUT2D eigenvalue weighted by Gasteiger charge is 2.52. The zero-order valence-corrected chi connectivity index (χ0v) is 14.4. The van der Waals surface area contributed by atoms with Gasteiger partial charge in [0.2, 0.25) is 0 Å². The maximum absolute atomic E-state index is 12.8. The summed E-state index contributed by atoms with van der Waals surface area (Å²) >= 11 is 0. The standard InChI is InChI=1S/C21H24O4/c22-18(23)21(14-7-8-15-21)19(24)25-20(12-5-2-6-13-20)16-11-17-9-3-1-4-10-17/h1,3-4,9-10H,2,5-8,12-15H2,(H,22,23). The number of aliphatic carboxylic acids is 1. The summed E-state index contributed by atoms with van der Waals surface area (Å²) in [4.78, 5) is 24.6. The van der Waals surface area contributed by atoms with E-state index in [1.807, 2.05) is 30.3 Å². The molecule has 132 valence electrons. The van der Waals surface area contributed by atoms with E-state index in [2.05, 4.69) is 11.8 Å². The van der Waals surface area contributed by atoms with Crippen molar-refractivity contribution in [3.8, 4) is 11.8 Å². The molecule has 0 atom stereocenters. The topological polar surface area (TPSA) is 63.6 Å². The van der Waals surface area contributed by atoms with E-state index in [4.69, 9.17) is 4.74 Å². The van der Waals surface area contributed by atoms with Gasteiger partial charge in [-0.15, -0.1) is 0 Å². The lowest BCUT2D eigenvalue weighted by atomic mass is 9.82. The lowest BCUT2D eigenvalue weighted by molar-refractivity contribution is -0.177. The van der Waals surface area contributed by atoms with E-state index < -0.39 is 23.0 Å². The third-order valence-corrected chi connectivity index (χ3v) is 5.41. The number of esters is 1. The van der Waals surface area contributed by atoms with E-state index in [0.717, 1.165) is 37.7 Å². The smallest absolute Gasteiger partial charge is 0.325 e. The van der Waals surface area contributed by atoms with Crippen LogP contribution < -0.4 is 0 Å². The Labute approximate surface area is 148 Å². The first-order chi connectivity index (χ1) is 12.1. The first-order valence-corrected chi connectivity index (χ1v) is 9.12. The molecule has 2 aliphatic rings. The molecule has 1 aromatic carbocycles. The predicted molar refractivity (Wildman–Crippen MR) is 93.8 cm³/mol. The van der Waals surface area contributed by atoms with E-state index in [1.54, 1.807) is 0 Å². The average Bonchev–Trinajstić information content (AvgIpc) is 3.13. The molecule has 0 bridgehead atoms. The molecule has 0 aromatic heterocycles. The Morgan fingerprint density at radius 1 is 0.920 bits per heavy atom. The zero-order chi connectivity index (χ0) is 17.8. The molecule has 0 saturated heterocycles. The van der Waals surface area contributed by atoms with Crippen LogP contribution in [-0.4, -0.2) is 22.6 Å². The molecule has 0 amide bonds. The van der Waals surface area contributed by atoms with Gasteiger partial charge in [0.25, 0.3) is 0 Å². The molecule has 0 spiro atoms. The summed E-state index contributed by atoms with van der Waals surface area (Å²) in [5.74, 6) is 4.64. The average molecular weight is 340 g/mol. The summed E-state index contributed by atoms with van der Waals surface area (Å²) in [7, 11) is 0. The fourth-order valence-corrected chi connectivity index (χ4v) is 3.84. The van der Waals surface area contributed by atoms with Crippen LogP contribution in [0, 0.1) is 17.3 Å². The molecule has 0 heterocycles. The van der Waals surface area contributed by atoms with Crippen molar-refractivity contribution in [3.05, 3.63) is 35.9 Å². The molecule has 2 saturated carbocycles. The highest BCUT2D eigenvalue weighted by molar-refractivity contribution is 5.99. The number of benzene rings is 1. The number of hydrogen-bond acceptors (Lipinski definition) is 3. The van der Waals surface area contributed by atoms with E-state index in [9.17, 15) is 14.7 Å². The van der Waals surface area contributed by atoms with E-state index in [-0.39, 0.29) is 0 Å². The lowest BCUT2D eigenvalue weighted by Gasteiger charge is -2.35. The number of carbonyl (C=O) groups is 2. The summed E-state index contributed by atoms with van der Waals surface area (Å²) in [6, 6.07) is 9.60. The molecular weight excluding hydrogens is 316 g/mol. The van der Waals surface area contributed by atoms with Gasteiger partial charge in [0, 0.05) is 5.56 Å². The first kappa shape index (κ1) is 17.5. The number of carbonyl (C=O) groups excluding carboxylic acids is 1. The van der Waals surface area contributed by atoms with Gasteiger partial charge in [0.05, 0.1) is 0 Å². The molecule has 1 N–H and O–H groups in total. The van der Waals surface area contributed by atoms with Gasteiger partial charge in [-0.3, -0.25) is 9.59 Å². The van der Waals surface area contributed by atoms with Crippen molar-refractivity contribution in [2.75, 3.05) is 0 Å². The second kappa shape index (κ2) is 7.31. The van der Waals surface area contributed by atoms with Crippen molar-refractivity contribution in [1.82, 2.24) is 0 Å². The summed E-state index contributed by atoms with van der Waals surface area (Å²) in [5.41, 5.74) is -1.35.